The first-order valence-electron chi connectivity index (χ1n) is 5.11. The van der Waals surface area contributed by atoms with Crippen molar-refractivity contribution in [1.29, 1.82) is 0 Å². The van der Waals surface area contributed by atoms with Gasteiger partial charge in [0.25, 0.3) is 0 Å². The second-order valence-electron chi connectivity index (χ2n) is 3.75. The minimum atomic E-state index is -0.280. The van der Waals surface area contributed by atoms with Crippen molar-refractivity contribution in [2.75, 3.05) is 6.54 Å². The summed E-state index contributed by atoms with van der Waals surface area (Å²) in [4.78, 5) is 4.15. The highest BCUT2D eigenvalue weighted by Crippen LogP contribution is 2.18. The molecule has 100 valence electrons. The molecule has 6 heteroatoms. The zero-order valence-electron chi connectivity index (χ0n) is 10.0. The largest absolute Gasteiger partial charge is 0.370 e. The number of aliphatic imine (C=N–C) groups is 1. The van der Waals surface area contributed by atoms with Crippen molar-refractivity contribution in [2.45, 2.75) is 13.5 Å². The Morgan fingerprint density at radius 1 is 1.56 bits per heavy atom. The predicted octanol–water partition coefficient (Wildman–Crippen LogP) is 3.19. The van der Waals surface area contributed by atoms with Crippen LogP contribution in [0.3, 0.4) is 0 Å². The van der Waals surface area contributed by atoms with Crippen molar-refractivity contribution in [3.63, 3.8) is 0 Å². The number of nitrogens with one attached hydrogen (secondary N) is 1. The Morgan fingerprint density at radius 3 is 2.78 bits per heavy atom. The number of rotatable bonds is 4. The third kappa shape index (κ3) is 6.34. The monoisotopic (exact) mass is 427 g/mol. The third-order valence-electron chi connectivity index (χ3n) is 2.01. The number of halogens is 3. The molecule has 0 aliphatic carbocycles. The molecule has 0 atom stereocenters. The minimum Gasteiger partial charge on any atom is -0.370 e. The van der Waals surface area contributed by atoms with Gasteiger partial charge in [-0.25, -0.2) is 9.38 Å². The Bertz CT molecular complexity index is 449. The Labute approximate surface area is 132 Å². The van der Waals surface area contributed by atoms with E-state index >= 15 is 0 Å². The van der Waals surface area contributed by atoms with E-state index in [2.05, 4.69) is 32.8 Å². The molecule has 1 aromatic rings. The molecule has 0 saturated carbocycles. The van der Waals surface area contributed by atoms with Crippen molar-refractivity contribution < 1.29 is 4.39 Å². The van der Waals surface area contributed by atoms with E-state index in [1.165, 1.54) is 12.1 Å². The maximum absolute atomic E-state index is 12.8. The summed E-state index contributed by atoms with van der Waals surface area (Å²) in [5.41, 5.74) is 7.52. The van der Waals surface area contributed by atoms with Gasteiger partial charge in [0.15, 0.2) is 5.96 Å². The summed E-state index contributed by atoms with van der Waals surface area (Å²) >= 11 is 3.27. The predicted molar refractivity (Wildman–Crippen MR) is 87.7 cm³/mol. The lowest BCUT2D eigenvalue weighted by atomic mass is 10.2. The van der Waals surface area contributed by atoms with E-state index < -0.39 is 0 Å². The van der Waals surface area contributed by atoms with E-state index in [1.807, 2.05) is 6.92 Å². The number of hydrogen-bond acceptors (Lipinski definition) is 1. The lowest BCUT2D eigenvalue weighted by Gasteiger charge is -2.05. The van der Waals surface area contributed by atoms with Crippen LogP contribution in [0, 0.1) is 5.82 Å². The number of benzene rings is 1. The topological polar surface area (TPSA) is 50.4 Å². The highest BCUT2D eigenvalue weighted by molar-refractivity contribution is 14.0. The Morgan fingerprint density at radius 2 is 2.22 bits per heavy atom. The van der Waals surface area contributed by atoms with Gasteiger partial charge >= 0.3 is 0 Å². The van der Waals surface area contributed by atoms with Crippen LogP contribution in [-0.4, -0.2) is 12.5 Å². The van der Waals surface area contributed by atoms with Gasteiger partial charge in [-0.15, -0.1) is 24.0 Å². The van der Waals surface area contributed by atoms with Crippen molar-refractivity contribution >= 4 is 45.9 Å². The summed E-state index contributed by atoms with van der Waals surface area (Å²) in [6.07, 6.45) is 0. The molecule has 0 saturated heterocycles. The number of nitrogens with two attached hydrogens (primary N) is 1. The SMILES string of the molecule is C=C(C)CNC(N)=NCc1ccc(F)cc1Br.I. The Hall–Kier alpha value is -0.630. The standard InChI is InChI=1S/C12H15BrFN3.HI/c1-8(2)6-16-12(15)17-7-9-3-4-10(14)5-11(9)13;/h3-5H,1,6-7H2,2H3,(H3,15,16,17);1H. The van der Waals surface area contributed by atoms with Gasteiger partial charge in [0.05, 0.1) is 6.54 Å². The number of nitrogens with zero attached hydrogens (tertiary/aromatic N) is 1. The van der Waals surface area contributed by atoms with Crippen LogP contribution in [0.15, 0.2) is 39.8 Å². The zero-order chi connectivity index (χ0) is 12.8. The van der Waals surface area contributed by atoms with E-state index in [1.54, 1.807) is 6.07 Å². The molecule has 0 bridgehead atoms. The van der Waals surface area contributed by atoms with Crippen LogP contribution in [0.25, 0.3) is 0 Å². The molecule has 3 N–H and O–H groups in total. The molecular formula is C12H16BrFIN3. The molecule has 1 aromatic carbocycles. The average molecular weight is 428 g/mol. The van der Waals surface area contributed by atoms with Crippen LogP contribution in [0.4, 0.5) is 4.39 Å². The van der Waals surface area contributed by atoms with Crippen molar-refractivity contribution in [3.8, 4) is 0 Å². The first-order valence-corrected chi connectivity index (χ1v) is 5.90. The van der Waals surface area contributed by atoms with Crippen LogP contribution in [0.2, 0.25) is 0 Å². The van der Waals surface area contributed by atoms with Gasteiger partial charge in [-0.2, -0.15) is 0 Å². The fourth-order valence-corrected chi connectivity index (χ4v) is 1.59. The number of guanidine groups is 1. The maximum atomic E-state index is 12.8. The van der Waals surface area contributed by atoms with Crippen molar-refractivity contribution in [3.05, 3.63) is 46.2 Å². The molecule has 0 aromatic heterocycles. The van der Waals surface area contributed by atoms with Gasteiger partial charge in [0.2, 0.25) is 0 Å². The molecular weight excluding hydrogens is 412 g/mol. The number of hydrogen-bond donors (Lipinski definition) is 2. The summed E-state index contributed by atoms with van der Waals surface area (Å²) in [6.45, 7) is 6.64. The molecule has 0 radical (unpaired) electrons. The summed E-state index contributed by atoms with van der Waals surface area (Å²) in [6, 6.07) is 4.48. The molecule has 0 unspecified atom stereocenters. The quantitative estimate of drug-likeness (QED) is 0.335. The molecule has 3 nitrogen and oxygen atoms in total. The summed E-state index contributed by atoms with van der Waals surface area (Å²) in [5, 5.41) is 2.92. The molecule has 0 heterocycles. The Kier molecular flexibility index (Phi) is 8.17. The van der Waals surface area contributed by atoms with Crippen molar-refractivity contribution in [1.82, 2.24) is 5.32 Å². The molecule has 0 fully saturated rings. The lowest BCUT2D eigenvalue weighted by molar-refractivity contribution is 0.626. The lowest BCUT2D eigenvalue weighted by Crippen LogP contribution is -2.32. The fourth-order valence-electron chi connectivity index (χ4n) is 1.12. The third-order valence-corrected chi connectivity index (χ3v) is 2.74. The highest BCUT2D eigenvalue weighted by atomic mass is 127. The van der Waals surface area contributed by atoms with Crippen LogP contribution >= 0.6 is 39.9 Å². The molecule has 1 rings (SSSR count). The van der Waals surface area contributed by atoms with Crippen LogP contribution in [0.5, 0.6) is 0 Å². The van der Waals surface area contributed by atoms with E-state index in [0.29, 0.717) is 23.5 Å². The van der Waals surface area contributed by atoms with E-state index in [-0.39, 0.29) is 29.8 Å². The van der Waals surface area contributed by atoms with Gasteiger partial charge in [0, 0.05) is 11.0 Å². The fraction of sp³-hybridized carbons (Fsp3) is 0.250. The smallest absolute Gasteiger partial charge is 0.189 e. The Balaban J connectivity index is 0.00000289. The summed E-state index contributed by atoms with van der Waals surface area (Å²) in [5.74, 6) is 0.0715. The van der Waals surface area contributed by atoms with Gasteiger partial charge in [-0.1, -0.05) is 34.1 Å². The second-order valence-corrected chi connectivity index (χ2v) is 4.60. The van der Waals surface area contributed by atoms with E-state index in [4.69, 9.17) is 5.73 Å². The van der Waals surface area contributed by atoms with Crippen LogP contribution in [-0.2, 0) is 6.54 Å². The molecule has 0 aliphatic rings. The first kappa shape index (κ1) is 17.4. The van der Waals surface area contributed by atoms with Gasteiger partial charge in [-0.05, 0) is 24.6 Å². The van der Waals surface area contributed by atoms with E-state index in [0.717, 1.165) is 11.1 Å². The molecule has 0 amide bonds. The van der Waals surface area contributed by atoms with Gasteiger partial charge < -0.3 is 11.1 Å². The zero-order valence-corrected chi connectivity index (χ0v) is 14.0. The van der Waals surface area contributed by atoms with Crippen molar-refractivity contribution in [2.24, 2.45) is 10.7 Å². The van der Waals surface area contributed by atoms with Crippen LogP contribution in [0.1, 0.15) is 12.5 Å². The summed E-state index contributed by atoms with van der Waals surface area (Å²) in [7, 11) is 0. The maximum Gasteiger partial charge on any atom is 0.189 e. The normalized spacial score (nSPS) is 10.7. The summed E-state index contributed by atoms with van der Waals surface area (Å²) < 4.78 is 13.5. The second kappa shape index (κ2) is 8.47. The highest BCUT2D eigenvalue weighted by Gasteiger charge is 2.00. The minimum absolute atomic E-state index is 0. The molecule has 0 aliphatic heterocycles. The molecule has 18 heavy (non-hydrogen) atoms. The van der Waals surface area contributed by atoms with Gasteiger partial charge in [0.1, 0.15) is 5.82 Å². The van der Waals surface area contributed by atoms with Crippen LogP contribution < -0.4 is 11.1 Å². The van der Waals surface area contributed by atoms with Gasteiger partial charge in [-0.3, -0.25) is 0 Å². The first-order chi connectivity index (χ1) is 7.99. The van der Waals surface area contributed by atoms with E-state index in [9.17, 15) is 4.39 Å². The average Bonchev–Trinajstić information content (AvgIpc) is 2.25. The molecule has 0 spiro atoms.